The lowest BCUT2D eigenvalue weighted by Gasteiger charge is -2.14. The SMILES string of the molecule is C=CCOc1ccc(NC(=O)c2ccc(C)c(S(=O)(=O)Nc3cccc(C)c3C)c2)cc1. The molecule has 0 saturated heterocycles. The highest BCUT2D eigenvalue weighted by molar-refractivity contribution is 7.92. The zero-order valence-corrected chi connectivity index (χ0v) is 19.1. The molecule has 0 heterocycles. The van der Waals surface area contributed by atoms with E-state index < -0.39 is 15.9 Å². The molecular weight excluding hydrogens is 424 g/mol. The Morgan fingerprint density at radius 2 is 1.72 bits per heavy atom. The van der Waals surface area contributed by atoms with Crippen LogP contribution in [0.5, 0.6) is 5.75 Å². The van der Waals surface area contributed by atoms with Gasteiger partial charge in [0, 0.05) is 11.3 Å². The van der Waals surface area contributed by atoms with Crippen molar-refractivity contribution in [2.24, 2.45) is 0 Å². The number of carbonyl (C=O) groups excluding carboxylic acids is 1. The number of hydrogen-bond donors (Lipinski definition) is 2. The largest absolute Gasteiger partial charge is 0.490 e. The molecule has 166 valence electrons. The molecule has 0 bridgehead atoms. The second kappa shape index (κ2) is 9.70. The minimum Gasteiger partial charge on any atom is -0.490 e. The Morgan fingerprint density at radius 1 is 1.00 bits per heavy atom. The number of ether oxygens (including phenoxy) is 1. The summed E-state index contributed by atoms with van der Waals surface area (Å²) in [6.07, 6.45) is 1.65. The highest BCUT2D eigenvalue weighted by Gasteiger charge is 2.20. The van der Waals surface area contributed by atoms with E-state index in [0.717, 1.165) is 11.1 Å². The fourth-order valence-electron chi connectivity index (χ4n) is 3.09. The van der Waals surface area contributed by atoms with Crippen LogP contribution in [-0.4, -0.2) is 20.9 Å². The monoisotopic (exact) mass is 450 g/mol. The van der Waals surface area contributed by atoms with Crippen LogP contribution in [0.4, 0.5) is 11.4 Å². The maximum Gasteiger partial charge on any atom is 0.262 e. The number of amides is 1. The molecule has 0 aromatic heterocycles. The van der Waals surface area contributed by atoms with Gasteiger partial charge in [-0.2, -0.15) is 0 Å². The summed E-state index contributed by atoms with van der Waals surface area (Å²) >= 11 is 0. The fourth-order valence-corrected chi connectivity index (χ4v) is 4.48. The van der Waals surface area contributed by atoms with Crippen LogP contribution in [0.2, 0.25) is 0 Å². The Balaban J connectivity index is 1.82. The highest BCUT2D eigenvalue weighted by Crippen LogP contribution is 2.25. The predicted octanol–water partition coefficient (Wildman–Crippen LogP) is 5.23. The summed E-state index contributed by atoms with van der Waals surface area (Å²) in [5, 5.41) is 2.78. The van der Waals surface area contributed by atoms with E-state index in [4.69, 9.17) is 4.74 Å². The quantitative estimate of drug-likeness (QED) is 0.460. The Labute approximate surface area is 189 Å². The lowest BCUT2D eigenvalue weighted by atomic mass is 10.1. The van der Waals surface area contributed by atoms with Crippen LogP contribution in [0.3, 0.4) is 0 Å². The van der Waals surface area contributed by atoms with Crippen LogP contribution in [0, 0.1) is 20.8 Å². The van der Waals surface area contributed by atoms with Crippen molar-refractivity contribution >= 4 is 27.3 Å². The van der Waals surface area contributed by atoms with E-state index in [1.807, 2.05) is 19.9 Å². The van der Waals surface area contributed by atoms with E-state index in [2.05, 4.69) is 16.6 Å². The lowest BCUT2D eigenvalue weighted by molar-refractivity contribution is 0.102. The first kappa shape index (κ1) is 23.1. The van der Waals surface area contributed by atoms with Crippen LogP contribution in [0.15, 0.2) is 78.2 Å². The second-order valence-corrected chi connectivity index (χ2v) is 9.06. The summed E-state index contributed by atoms with van der Waals surface area (Å²) in [7, 11) is -3.88. The average Bonchev–Trinajstić information content (AvgIpc) is 2.76. The average molecular weight is 451 g/mol. The van der Waals surface area contributed by atoms with Crippen LogP contribution in [0.25, 0.3) is 0 Å². The van der Waals surface area contributed by atoms with Gasteiger partial charge in [-0.15, -0.1) is 0 Å². The molecule has 0 atom stereocenters. The molecule has 0 aliphatic heterocycles. The smallest absolute Gasteiger partial charge is 0.262 e. The summed E-state index contributed by atoms with van der Waals surface area (Å²) in [4.78, 5) is 12.8. The maximum atomic E-state index is 13.1. The predicted molar refractivity (Wildman–Crippen MR) is 128 cm³/mol. The molecule has 3 aromatic rings. The van der Waals surface area contributed by atoms with E-state index in [-0.39, 0.29) is 10.5 Å². The fraction of sp³-hybridized carbons (Fsp3) is 0.160. The number of anilines is 2. The molecule has 1 amide bonds. The minimum atomic E-state index is -3.88. The van der Waals surface area contributed by atoms with Crippen molar-refractivity contribution in [1.29, 1.82) is 0 Å². The third-order valence-electron chi connectivity index (χ3n) is 5.07. The summed E-state index contributed by atoms with van der Waals surface area (Å²) in [5.74, 6) is 0.247. The minimum absolute atomic E-state index is 0.0548. The molecule has 7 heteroatoms. The number of aryl methyl sites for hydroxylation is 2. The molecule has 0 unspecified atom stereocenters. The molecule has 32 heavy (non-hydrogen) atoms. The van der Waals surface area contributed by atoms with Crippen molar-refractivity contribution in [1.82, 2.24) is 0 Å². The second-order valence-electron chi connectivity index (χ2n) is 7.41. The number of nitrogens with one attached hydrogen (secondary N) is 2. The van der Waals surface area contributed by atoms with Gasteiger partial charge in [-0.3, -0.25) is 9.52 Å². The zero-order valence-electron chi connectivity index (χ0n) is 18.3. The Bertz CT molecular complexity index is 1250. The summed E-state index contributed by atoms with van der Waals surface area (Å²) in [6.45, 7) is 9.46. The van der Waals surface area contributed by atoms with Crippen molar-refractivity contribution in [3.05, 3.63) is 95.6 Å². The normalized spacial score (nSPS) is 11.0. The molecule has 0 saturated carbocycles. The Hall–Kier alpha value is -3.58. The zero-order chi connectivity index (χ0) is 23.3. The van der Waals surface area contributed by atoms with Gasteiger partial charge in [0.15, 0.2) is 0 Å². The molecular formula is C25H26N2O4S. The van der Waals surface area contributed by atoms with Crippen molar-refractivity contribution in [3.63, 3.8) is 0 Å². The van der Waals surface area contributed by atoms with Crippen molar-refractivity contribution < 1.29 is 17.9 Å². The number of benzene rings is 3. The van der Waals surface area contributed by atoms with Crippen LogP contribution in [0.1, 0.15) is 27.0 Å². The third-order valence-corrected chi connectivity index (χ3v) is 6.58. The van der Waals surface area contributed by atoms with Gasteiger partial charge in [0.1, 0.15) is 12.4 Å². The van der Waals surface area contributed by atoms with Gasteiger partial charge >= 0.3 is 0 Å². The first-order chi connectivity index (χ1) is 15.2. The number of hydrogen-bond acceptors (Lipinski definition) is 4. The molecule has 3 rings (SSSR count). The Morgan fingerprint density at radius 3 is 2.41 bits per heavy atom. The van der Waals surface area contributed by atoms with Gasteiger partial charge in [0.2, 0.25) is 0 Å². The van der Waals surface area contributed by atoms with Crippen LogP contribution in [-0.2, 0) is 10.0 Å². The van der Waals surface area contributed by atoms with E-state index >= 15 is 0 Å². The van der Waals surface area contributed by atoms with Crippen LogP contribution >= 0.6 is 0 Å². The third kappa shape index (κ3) is 5.36. The number of carbonyl (C=O) groups is 1. The number of sulfonamides is 1. The number of rotatable bonds is 8. The van der Waals surface area contributed by atoms with Gasteiger partial charge in [0.25, 0.3) is 15.9 Å². The van der Waals surface area contributed by atoms with Crippen LogP contribution < -0.4 is 14.8 Å². The first-order valence-corrected chi connectivity index (χ1v) is 11.5. The van der Waals surface area contributed by atoms with Gasteiger partial charge in [-0.1, -0.05) is 30.9 Å². The van der Waals surface area contributed by atoms with Gasteiger partial charge in [0.05, 0.1) is 10.6 Å². The van der Waals surface area contributed by atoms with Gasteiger partial charge in [-0.05, 0) is 79.9 Å². The molecule has 0 spiro atoms. The summed E-state index contributed by atoms with van der Waals surface area (Å²) in [6, 6.07) is 16.9. The summed E-state index contributed by atoms with van der Waals surface area (Å²) < 4.78 is 34.2. The highest BCUT2D eigenvalue weighted by atomic mass is 32.2. The van der Waals surface area contributed by atoms with E-state index in [0.29, 0.717) is 29.3 Å². The van der Waals surface area contributed by atoms with E-state index in [9.17, 15) is 13.2 Å². The van der Waals surface area contributed by atoms with E-state index in [1.54, 1.807) is 61.5 Å². The lowest BCUT2D eigenvalue weighted by Crippen LogP contribution is -2.17. The van der Waals surface area contributed by atoms with Crippen molar-refractivity contribution in [2.75, 3.05) is 16.6 Å². The topological polar surface area (TPSA) is 84.5 Å². The van der Waals surface area contributed by atoms with Gasteiger partial charge < -0.3 is 10.1 Å². The molecule has 3 aromatic carbocycles. The molecule has 2 N–H and O–H groups in total. The molecule has 0 radical (unpaired) electrons. The van der Waals surface area contributed by atoms with Crippen molar-refractivity contribution in [2.45, 2.75) is 25.7 Å². The van der Waals surface area contributed by atoms with E-state index in [1.165, 1.54) is 6.07 Å². The van der Waals surface area contributed by atoms with Crippen molar-refractivity contribution in [3.8, 4) is 5.75 Å². The molecule has 0 fully saturated rings. The maximum absolute atomic E-state index is 13.1. The first-order valence-electron chi connectivity index (χ1n) is 10.1. The molecule has 0 aliphatic carbocycles. The molecule has 0 aliphatic rings. The standard InChI is InChI=1S/C25H26N2O4S/c1-5-15-31-22-13-11-21(12-14-22)26-25(28)20-10-9-18(3)24(16-20)32(29,30)27-23-8-6-7-17(2)19(23)4/h5-14,16,27H,1,15H2,2-4H3,(H,26,28). The van der Waals surface area contributed by atoms with Gasteiger partial charge in [-0.25, -0.2) is 8.42 Å². The summed E-state index contributed by atoms with van der Waals surface area (Å²) in [5.41, 5.74) is 3.70. The Kier molecular flexibility index (Phi) is 7.00. The molecule has 6 nitrogen and oxygen atoms in total.